The van der Waals surface area contributed by atoms with E-state index in [9.17, 15) is 9.59 Å². The van der Waals surface area contributed by atoms with E-state index in [1.165, 1.54) is 16.7 Å². The average Bonchev–Trinajstić information content (AvgIpc) is 2.09. The van der Waals surface area contributed by atoms with Gasteiger partial charge in [0.05, 0.1) is 5.75 Å². The van der Waals surface area contributed by atoms with Gasteiger partial charge in [-0.3, -0.25) is 9.59 Å². The van der Waals surface area contributed by atoms with Crippen LogP contribution in [0.2, 0.25) is 0 Å². The molecular formula is C7H10N2O2S. The molecule has 2 amide bonds. The molecule has 1 heterocycles. The van der Waals surface area contributed by atoms with Crippen LogP contribution in [0.25, 0.3) is 0 Å². The first-order valence-corrected chi connectivity index (χ1v) is 4.57. The van der Waals surface area contributed by atoms with E-state index in [1.54, 1.807) is 13.2 Å². The summed E-state index contributed by atoms with van der Waals surface area (Å²) in [4.78, 5) is 23.4. The Morgan fingerprint density at radius 2 is 2.58 bits per heavy atom. The Hall–Kier alpha value is -0.970. The Balaban J connectivity index is 2.50. The molecule has 0 fully saturated rings. The minimum atomic E-state index is -0.153. The van der Waals surface area contributed by atoms with Gasteiger partial charge in [-0.05, 0) is 5.41 Å². The third kappa shape index (κ3) is 2.27. The van der Waals surface area contributed by atoms with Crippen LogP contribution < -0.4 is 5.32 Å². The zero-order valence-corrected chi connectivity index (χ0v) is 7.56. The lowest BCUT2D eigenvalue weighted by Crippen LogP contribution is -2.38. The quantitative estimate of drug-likeness (QED) is 0.648. The fraction of sp³-hybridized carbons (Fsp3) is 0.429. The number of hydrogen-bond donors (Lipinski definition) is 1. The molecule has 0 aliphatic carbocycles. The highest BCUT2D eigenvalue weighted by Crippen LogP contribution is 2.11. The van der Waals surface area contributed by atoms with E-state index in [2.05, 4.69) is 5.32 Å². The van der Waals surface area contributed by atoms with Gasteiger partial charge in [-0.15, -0.1) is 11.8 Å². The Bertz CT molecular complexity index is 227. The molecule has 0 spiro atoms. The minimum Gasteiger partial charge on any atom is -0.358 e. The second-order valence-corrected chi connectivity index (χ2v) is 3.19. The summed E-state index contributed by atoms with van der Waals surface area (Å²) in [5, 5.41) is 4.27. The monoisotopic (exact) mass is 186 g/mol. The minimum absolute atomic E-state index is 0.0221. The standard InChI is InChI=1S/C7H10N2O2S/c1-8-6(10)4-9-2-3-12-5-7(9)11/h2-3H,4-5H2,1H3,(H,8,10). The topological polar surface area (TPSA) is 49.4 Å². The Morgan fingerprint density at radius 1 is 1.83 bits per heavy atom. The van der Waals surface area contributed by atoms with Gasteiger partial charge in [-0.2, -0.15) is 0 Å². The maximum atomic E-state index is 11.1. The SMILES string of the molecule is CNC(=O)CN1C=CSCC1=O. The molecule has 0 aromatic carbocycles. The van der Waals surface area contributed by atoms with Gasteiger partial charge in [0.15, 0.2) is 0 Å². The zero-order chi connectivity index (χ0) is 8.97. The van der Waals surface area contributed by atoms with Gasteiger partial charge in [-0.1, -0.05) is 0 Å². The van der Waals surface area contributed by atoms with Crippen LogP contribution in [0.15, 0.2) is 11.6 Å². The van der Waals surface area contributed by atoms with Crippen molar-refractivity contribution in [3.05, 3.63) is 11.6 Å². The first kappa shape index (κ1) is 9.12. The number of likely N-dealkylation sites (N-methyl/N-ethyl adjacent to an activating group) is 1. The summed E-state index contributed by atoms with van der Waals surface area (Å²) in [5.41, 5.74) is 0. The number of carbonyl (C=O) groups excluding carboxylic acids is 2. The molecule has 4 nitrogen and oxygen atoms in total. The Labute approximate surface area is 75.0 Å². The van der Waals surface area contributed by atoms with Crippen molar-refractivity contribution in [2.75, 3.05) is 19.3 Å². The molecule has 5 heteroatoms. The third-order valence-electron chi connectivity index (χ3n) is 1.46. The van der Waals surface area contributed by atoms with Crippen LogP contribution in [-0.4, -0.2) is 36.1 Å². The number of nitrogens with zero attached hydrogens (tertiary/aromatic N) is 1. The van der Waals surface area contributed by atoms with Crippen LogP contribution in [0, 0.1) is 0 Å². The Morgan fingerprint density at radius 3 is 3.17 bits per heavy atom. The molecule has 0 saturated heterocycles. The molecule has 66 valence electrons. The molecule has 0 saturated carbocycles. The van der Waals surface area contributed by atoms with E-state index in [-0.39, 0.29) is 18.4 Å². The number of rotatable bonds is 2. The van der Waals surface area contributed by atoms with Crippen LogP contribution in [0.4, 0.5) is 0 Å². The van der Waals surface area contributed by atoms with Crippen molar-refractivity contribution in [3.8, 4) is 0 Å². The van der Waals surface area contributed by atoms with Crippen molar-refractivity contribution < 1.29 is 9.59 Å². The number of thioether (sulfide) groups is 1. The summed E-state index contributed by atoms with van der Waals surface area (Å²) >= 11 is 1.44. The highest BCUT2D eigenvalue weighted by molar-refractivity contribution is 8.02. The summed E-state index contributed by atoms with van der Waals surface area (Å²) in [6.45, 7) is 0.117. The van der Waals surface area contributed by atoms with Crippen LogP contribution in [0.3, 0.4) is 0 Å². The van der Waals surface area contributed by atoms with Crippen molar-refractivity contribution in [2.24, 2.45) is 0 Å². The molecule has 0 unspecified atom stereocenters. The van der Waals surface area contributed by atoms with Crippen molar-refractivity contribution in [3.63, 3.8) is 0 Å². The summed E-state index contributed by atoms with van der Waals surface area (Å²) in [6, 6.07) is 0. The summed E-state index contributed by atoms with van der Waals surface area (Å²) in [7, 11) is 1.55. The van der Waals surface area contributed by atoms with E-state index < -0.39 is 0 Å². The van der Waals surface area contributed by atoms with Crippen molar-refractivity contribution in [1.29, 1.82) is 0 Å². The largest absolute Gasteiger partial charge is 0.358 e. The van der Waals surface area contributed by atoms with Crippen molar-refractivity contribution in [2.45, 2.75) is 0 Å². The van der Waals surface area contributed by atoms with Crippen LogP contribution in [-0.2, 0) is 9.59 Å². The maximum absolute atomic E-state index is 11.1. The lowest BCUT2D eigenvalue weighted by atomic mass is 10.5. The van der Waals surface area contributed by atoms with Crippen LogP contribution >= 0.6 is 11.8 Å². The molecule has 1 rings (SSSR count). The lowest BCUT2D eigenvalue weighted by molar-refractivity contribution is -0.131. The molecule has 0 radical (unpaired) electrons. The number of nitrogens with one attached hydrogen (secondary N) is 1. The molecule has 0 aromatic heterocycles. The van der Waals surface area contributed by atoms with E-state index >= 15 is 0 Å². The summed E-state index contributed by atoms with van der Waals surface area (Å²) < 4.78 is 0. The number of amides is 2. The molecule has 0 atom stereocenters. The third-order valence-corrected chi connectivity index (χ3v) is 2.18. The molecule has 1 N–H and O–H groups in total. The fourth-order valence-corrected chi connectivity index (χ4v) is 1.41. The molecule has 1 aliphatic heterocycles. The van der Waals surface area contributed by atoms with Gasteiger partial charge >= 0.3 is 0 Å². The van der Waals surface area contributed by atoms with Gasteiger partial charge in [-0.25, -0.2) is 0 Å². The molecule has 12 heavy (non-hydrogen) atoms. The first-order chi connectivity index (χ1) is 5.74. The molecule has 0 bridgehead atoms. The van der Waals surface area contributed by atoms with E-state index in [4.69, 9.17) is 0 Å². The first-order valence-electron chi connectivity index (χ1n) is 3.52. The Kier molecular flexibility index (Phi) is 3.16. The normalized spacial score (nSPS) is 16.4. The maximum Gasteiger partial charge on any atom is 0.239 e. The smallest absolute Gasteiger partial charge is 0.239 e. The number of hydrogen-bond acceptors (Lipinski definition) is 3. The highest BCUT2D eigenvalue weighted by atomic mass is 32.2. The molecule has 1 aliphatic rings. The zero-order valence-electron chi connectivity index (χ0n) is 6.74. The van der Waals surface area contributed by atoms with Crippen molar-refractivity contribution >= 4 is 23.6 Å². The van der Waals surface area contributed by atoms with Crippen LogP contribution in [0.1, 0.15) is 0 Å². The van der Waals surface area contributed by atoms with E-state index in [0.717, 1.165) is 0 Å². The predicted octanol–water partition coefficient (Wildman–Crippen LogP) is -0.221. The fourth-order valence-electron chi connectivity index (χ4n) is 0.777. The number of carbonyl (C=O) groups is 2. The van der Waals surface area contributed by atoms with Crippen LogP contribution in [0.5, 0.6) is 0 Å². The lowest BCUT2D eigenvalue weighted by Gasteiger charge is -2.19. The summed E-state index contributed by atoms with van der Waals surface area (Å²) in [5.74, 6) is 0.249. The average molecular weight is 186 g/mol. The van der Waals surface area contributed by atoms with E-state index in [0.29, 0.717) is 5.75 Å². The molecule has 0 aromatic rings. The second kappa shape index (κ2) is 4.15. The van der Waals surface area contributed by atoms with Gasteiger partial charge < -0.3 is 10.2 Å². The highest BCUT2D eigenvalue weighted by Gasteiger charge is 2.16. The second-order valence-electron chi connectivity index (χ2n) is 2.29. The van der Waals surface area contributed by atoms with Gasteiger partial charge in [0.25, 0.3) is 0 Å². The predicted molar refractivity (Wildman–Crippen MR) is 47.4 cm³/mol. The molecular weight excluding hydrogens is 176 g/mol. The van der Waals surface area contributed by atoms with Crippen molar-refractivity contribution in [1.82, 2.24) is 10.2 Å². The summed E-state index contributed by atoms with van der Waals surface area (Å²) in [6.07, 6.45) is 1.63. The van der Waals surface area contributed by atoms with E-state index in [1.807, 2.05) is 5.41 Å². The van der Waals surface area contributed by atoms with Gasteiger partial charge in [0.2, 0.25) is 11.8 Å². The van der Waals surface area contributed by atoms with Gasteiger partial charge in [0.1, 0.15) is 6.54 Å². The van der Waals surface area contributed by atoms with Gasteiger partial charge in [0, 0.05) is 13.2 Å².